The Hall–Kier alpha value is -4.17. The molecule has 0 saturated heterocycles. The van der Waals surface area contributed by atoms with Gasteiger partial charge in [-0.2, -0.15) is 5.10 Å². The van der Waals surface area contributed by atoms with E-state index in [0.29, 0.717) is 21.8 Å². The van der Waals surface area contributed by atoms with Gasteiger partial charge in [0.15, 0.2) is 11.5 Å². The van der Waals surface area contributed by atoms with E-state index in [9.17, 15) is 14.4 Å². The first-order chi connectivity index (χ1) is 15.9. The second kappa shape index (κ2) is 10.9. The Bertz CT molecular complexity index is 1210. The molecule has 3 aromatic rings. The number of hydrogen-bond donors (Lipinski definition) is 2. The highest BCUT2D eigenvalue weighted by Crippen LogP contribution is 2.28. The molecule has 3 aromatic carbocycles. The predicted octanol–water partition coefficient (Wildman–Crippen LogP) is 3.97. The van der Waals surface area contributed by atoms with Crippen molar-refractivity contribution in [1.29, 1.82) is 0 Å². The third-order valence-electron chi connectivity index (χ3n) is 4.35. The molecule has 2 amide bonds. The van der Waals surface area contributed by atoms with Crippen molar-refractivity contribution in [2.45, 2.75) is 6.92 Å². The van der Waals surface area contributed by atoms with Crippen LogP contribution in [0.15, 0.2) is 71.8 Å². The summed E-state index contributed by atoms with van der Waals surface area (Å²) in [5.74, 6) is -1.90. The molecule has 168 valence electrons. The van der Waals surface area contributed by atoms with E-state index >= 15 is 0 Å². The number of benzene rings is 3. The number of amides is 2. The number of hydrogen-bond acceptors (Lipinski definition) is 6. The first kappa shape index (κ1) is 23.5. The molecule has 3 rings (SSSR count). The number of halogens is 1. The standard InChI is InChI=1S/C24H20ClN3O5/c1-15-6-9-19(10-7-15)27-22(29)23(30)28-26-14-16-8-11-20(21(12-16)32-2)33-24(31)17-4-3-5-18(25)13-17/h3-14H,1-2H3,(H,27,29)(H,28,30)/b26-14+. The fraction of sp³-hybridized carbons (Fsp3) is 0.0833. The van der Waals surface area contributed by atoms with E-state index in [4.69, 9.17) is 21.1 Å². The summed E-state index contributed by atoms with van der Waals surface area (Å²) in [6, 6.07) is 18.1. The lowest BCUT2D eigenvalue weighted by atomic mass is 10.2. The number of ether oxygens (including phenoxy) is 2. The van der Waals surface area contributed by atoms with Gasteiger partial charge in [0.1, 0.15) is 0 Å². The molecule has 33 heavy (non-hydrogen) atoms. The number of nitrogens with zero attached hydrogens (tertiary/aromatic N) is 1. The number of carbonyl (C=O) groups excluding carboxylic acids is 3. The molecule has 0 spiro atoms. The summed E-state index contributed by atoms with van der Waals surface area (Å²) in [4.78, 5) is 36.2. The molecule has 0 radical (unpaired) electrons. The second-order valence-electron chi connectivity index (χ2n) is 6.83. The third-order valence-corrected chi connectivity index (χ3v) is 4.58. The number of rotatable bonds is 6. The van der Waals surface area contributed by atoms with Crippen molar-refractivity contribution in [3.63, 3.8) is 0 Å². The van der Waals surface area contributed by atoms with Crippen LogP contribution in [0.25, 0.3) is 0 Å². The van der Waals surface area contributed by atoms with Crippen LogP contribution in [0.2, 0.25) is 5.02 Å². The van der Waals surface area contributed by atoms with Crippen molar-refractivity contribution in [3.05, 3.63) is 88.4 Å². The summed E-state index contributed by atoms with van der Waals surface area (Å²) < 4.78 is 10.7. The number of anilines is 1. The van der Waals surface area contributed by atoms with E-state index < -0.39 is 17.8 Å². The van der Waals surface area contributed by atoms with Gasteiger partial charge in [0, 0.05) is 10.7 Å². The molecule has 0 atom stereocenters. The lowest BCUT2D eigenvalue weighted by Gasteiger charge is -2.10. The number of carbonyl (C=O) groups is 3. The highest BCUT2D eigenvalue weighted by Gasteiger charge is 2.14. The van der Waals surface area contributed by atoms with Crippen LogP contribution in [0, 0.1) is 6.92 Å². The first-order valence-electron chi connectivity index (χ1n) is 9.72. The highest BCUT2D eigenvalue weighted by molar-refractivity contribution is 6.39. The average Bonchev–Trinajstić information content (AvgIpc) is 2.81. The van der Waals surface area contributed by atoms with Gasteiger partial charge in [-0.15, -0.1) is 0 Å². The molecule has 9 heteroatoms. The van der Waals surface area contributed by atoms with E-state index in [2.05, 4.69) is 15.8 Å². The average molecular weight is 466 g/mol. The maximum Gasteiger partial charge on any atom is 0.343 e. The number of aryl methyl sites for hydroxylation is 1. The van der Waals surface area contributed by atoms with Crippen molar-refractivity contribution < 1.29 is 23.9 Å². The van der Waals surface area contributed by atoms with E-state index in [1.54, 1.807) is 42.5 Å². The van der Waals surface area contributed by atoms with Crippen LogP contribution in [0.1, 0.15) is 21.5 Å². The van der Waals surface area contributed by atoms with Gasteiger partial charge >= 0.3 is 17.8 Å². The highest BCUT2D eigenvalue weighted by atomic mass is 35.5. The summed E-state index contributed by atoms with van der Waals surface area (Å²) >= 11 is 5.91. The van der Waals surface area contributed by atoms with Gasteiger partial charge in [0.2, 0.25) is 0 Å². The summed E-state index contributed by atoms with van der Waals surface area (Å²) in [6.45, 7) is 1.91. The second-order valence-corrected chi connectivity index (χ2v) is 7.27. The maximum atomic E-state index is 12.3. The number of nitrogens with one attached hydrogen (secondary N) is 2. The summed E-state index contributed by atoms with van der Waals surface area (Å²) in [6.07, 6.45) is 1.32. The lowest BCUT2D eigenvalue weighted by Crippen LogP contribution is -2.32. The smallest absolute Gasteiger partial charge is 0.343 e. The molecular formula is C24H20ClN3O5. The Labute approximate surface area is 195 Å². The van der Waals surface area contributed by atoms with E-state index in [1.165, 1.54) is 25.5 Å². The number of hydrazone groups is 1. The van der Waals surface area contributed by atoms with Crippen LogP contribution >= 0.6 is 11.6 Å². The normalized spacial score (nSPS) is 10.5. The van der Waals surface area contributed by atoms with Crippen molar-refractivity contribution in [3.8, 4) is 11.5 Å². The fourth-order valence-corrected chi connectivity index (χ4v) is 2.85. The Morgan fingerprint density at radius 1 is 0.939 bits per heavy atom. The minimum absolute atomic E-state index is 0.195. The van der Waals surface area contributed by atoms with Crippen molar-refractivity contribution in [2.24, 2.45) is 5.10 Å². The molecule has 0 fully saturated rings. The van der Waals surface area contributed by atoms with Crippen LogP contribution in [-0.4, -0.2) is 31.1 Å². The molecule has 8 nitrogen and oxygen atoms in total. The topological polar surface area (TPSA) is 106 Å². The fourth-order valence-electron chi connectivity index (χ4n) is 2.66. The molecule has 0 aliphatic carbocycles. The van der Waals surface area contributed by atoms with Crippen LogP contribution in [-0.2, 0) is 9.59 Å². The molecule has 0 unspecified atom stereocenters. The number of methoxy groups -OCH3 is 1. The first-order valence-corrected chi connectivity index (χ1v) is 10.1. The van der Waals surface area contributed by atoms with Crippen molar-refractivity contribution in [2.75, 3.05) is 12.4 Å². The molecule has 0 aliphatic rings. The largest absolute Gasteiger partial charge is 0.493 e. The summed E-state index contributed by atoms with van der Waals surface area (Å²) in [5, 5.41) is 6.67. The van der Waals surface area contributed by atoms with E-state index in [0.717, 1.165) is 5.56 Å². The van der Waals surface area contributed by atoms with Crippen LogP contribution in [0.4, 0.5) is 5.69 Å². The molecule has 0 bridgehead atoms. The SMILES string of the molecule is COc1cc(/C=N/NC(=O)C(=O)Nc2ccc(C)cc2)ccc1OC(=O)c1cccc(Cl)c1. The minimum Gasteiger partial charge on any atom is -0.493 e. The molecule has 2 N–H and O–H groups in total. The number of esters is 1. The van der Waals surface area contributed by atoms with Gasteiger partial charge in [0.05, 0.1) is 18.9 Å². The van der Waals surface area contributed by atoms with Gasteiger partial charge in [-0.1, -0.05) is 35.4 Å². The zero-order valence-corrected chi connectivity index (χ0v) is 18.6. The minimum atomic E-state index is -0.925. The third kappa shape index (κ3) is 6.65. The molecule has 0 heterocycles. The zero-order chi connectivity index (χ0) is 23.8. The molecular weight excluding hydrogens is 446 g/mol. The van der Waals surface area contributed by atoms with Gasteiger partial charge in [0.25, 0.3) is 0 Å². The molecule has 0 aliphatic heterocycles. The Balaban J connectivity index is 1.60. The Kier molecular flexibility index (Phi) is 7.77. The summed E-state index contributed by atoms with van der Waals surface area (Å²) in [5.41, 5.74) is 4.51. The predicted molar refractivity (Wildman–Crippen MR) is 125 cm³/mol. The van der Waals surface area contributed by atoms with E-state index in [1.807, 2.05) is 19.1 Å². The lowest BCUT2D eigenvalue weighted by molar-refractivity contribution is -0.136. The zero-order valence-electron chi connectivity index (χ0n) is 17.8. The van der Waals surface area contributed by atoms with Crippen molar-refractivity contribution in [1.82, 2.24) is 5.43 Å². The van der Waals surface area contributed by atoms with E-state index in [-0.39, 0.29) is 11.5 Å². The molecule has 0 aromatic heterocycles. The van der Waals surface area contributed by atoms with Crippen molar-refractivity contribution >= 4 is 41.3 Å². The molecule has 0 saturated carbocycles. The van der Waals surface area contributed by atoms with Gasteiger partial charge < -0.3 is 14.8 Å². The van der Waals surface area contributed by atoms with Crippen LogP contribution in [0.5, 0.6) is 11.5 Å². The van der Waals surface area contributed by atoms with Gasteiger partial charge in [-0.25, -0.2) is 10.2 Å². The van der Waals surface area contributed by atoms with Gasteiger partial charge in [-0.3, -0.25) is 9.59 Å². The monoisotopic (exact) mass is 465 g/mol. The van der Waals surface area contributed by atoms with Crippen LogP contribution in [0.3, 0.4) is 0 Å². The maximum absolute atomic E-state index is 12.3. The Morgan fingerprint density at radius 2 is 1.70 bits per heavy atom. The quantitative estimate of drug-likeness (QED) is 0.188. The Morgan fingerprint density at radius 3 is 2.39 bits per heavy atom. The van der Waals surface area contributed by atoms with Gasteiger partial charge in [-0.05, 0) is 61.0 Å². The van der Waals surface area contributed by atoms with Crippen LogP contribution < -0.4 is 20.2 Å². The summed E-state index contributed by atoms with van der Waals surface area (Å²) in [7, 11) is 1.42.